The Morgan fingerprint density at radius 2 is 1.86 bits per heavy atom. The van der Waals surface area contributed by atoms with Gasteiger partial charge in [0.1, 0.15) is 5.69 Å². The van der Waals surface area contributed by atoms with Crippen LogP contribution in [0, 0.1) is 14.9 Å². The summed E-state index contributed by atoms with van der Waals surface area (Å²) in [5, 5.41) is 16.0. The van der Waals surface area contributed by atoms with Gasteiger partial charge >= 0.3 is 6.18 Å². The molecule has 3 rings (SSSR count). The smallest absolute Gasteiger partial charge is 0.335 e. The normalized spacial score (nSPS) is 11.6. The molecule has 1 heterocycles. The van der Waals surface area contributed by atoms with Crippen LogP contribution in [0.1, 0.15) is 5.56 Å². The minimum atomic E-state index is -4.75. The predicted molar refractivity (Wildman–Crippen MR) is 99.7 cm³/mol. The van der Waals surface area contributed by atoms with Crippen molar-refractivity contribution >= 4 is 41.1 Å². The highest BCUT2D eigenvalue weighted by Gasteiger charge is 2.33. The SMILES string of the molecule is Nn1c(-c2ccc(Cl)cc2Cl)nn(-c2ccc(C(F)(F)F)cc2[N+](=O)[O-])c1=S. The van der Waals surface area contributed by atoms with Gasteiger partial charge in [-0.2, -0.15) is 17.9 Å². The summed E-state index contributed by atoms with van der Waals surface area (Å²) >= 11 is 17.1. The second-order valence-electron chi connectivity index (χ2n) is 5.47. The number of hydrogen-bond donors (Lipinski definition) is 1. The van der Waals surface area contributed by atoms with E-state index in [1.54, 1.807) is 0 Å². The average molecular weight is 450 g/mol. The van der Waals surface area contributed by atoms with E-state index in [9.17, 15) is 23.3 Å². The number of nitrogens with two attached hydrogens (primary N) is 1. The van der Waals surface area contributed by atoms with Crippen LogP contribution in [0.15, 0.2) is 36.4 Å². The zero-order chi connectivity index (χ0) is 20.8. The molecule has 0 atom stereocenters. The van der Waals surface area contributed by atoms with Gasteiger partial charge in [-0.25, -0.2) is 4.68 Å². The van der Waals surface area contributed by atoms with Crippen molar-refractivity contribution in [1.29, 1.82) is 0 Å². The lowest BCUT2D eigenvalue weighted by Crippen LogP contribution is -2.11. The molecule has 0 saturated heterocycles. The molecule has 0 saturated carbocycles. The molecule has 0 amide bonds. The topological polar surface area (TPSA) is 91.9 Å². The molecule has 0 spiro atoms. The van der Waals surface area contributed by atoms with E-state index in [4.69, 9.17) is 41.3 Å². The van der Waals surface area contributed by atoms with E-state index in [0.29, 0.717) is 22.7 Å². The Kier molecular flexibility index (Phi) is 5.08. The van der Waals surface area contributed by atoms with E-state index in [1.807, 2.05) is 0 Å². The van der Waals surface area contributed by atoms with Gasteiger partial charge in [0.2, 0.25) is 4.77 Å². The molecule has 3 aromatic rings. The summed E-state index contributed by atoms with van der Waals surface area (Å²) < 4.78 is 40.3. The molecular weight excluding hydrogens is 442 g/mol. The molecule has 2 aromatic carbocycles. The number of nitrogens with zero attached hydrogens (tertiary/aromatic N) is 4. The number of halogens is 5. The van der Waals surface area contributed by atoms with Gasteiger partial charge in [-0.05, 0) is 42.5 Å². The average Bonchev–Trinajstić information content (AvgIpc) is 2.89. The lowest BCUT2D eigenvalue weighted by molar-refractivity contribution is -0.384. The maximum Gasteiger partial charge on any atom is 0.416 e. The van der Waals surface area contributed by atoms with E-state index >= 15 is 0 Å². The van der Waals surface area contributed by atoms with Gasteiger partial charge in [-0.3, -0.25) is 10.1 Å². The molecule has 1 aromatic heterocycles. The molecule has 2 N–H and O–H groups in total. The Balaban J connectivity index is 2.23. The van der Waals surface area contributed by atoms with Crippen LogP contribution in [-0.2, 0) is 6.18 Å². The molecule has 146 valence electrons. The number of hydrogen-bond acceptors (Lipinski definition) is 5. The zero-order valence-electron chi connectivity index (χ0n) is 13.4. The maximum absolute atomic E-state index is 12.9. The van der Waals surface area contributed by atoms with E-state index in [2.05, 4.69) is 5.10 Å². The minimum absolute atomic E-state index is 0.0425. The number of rotatable bonds is 3. The van der Waals surface area contributed by atoms with Crippen molar-refractivity contribution in [3.8, 4) is 17.1 Å². The highest BCUT2D eigenvalue weighted by Crippen LogP contribution is 2.35. The van der Waals surface area contributed by atoms with Crippen molar-refractivity contribution in [3.05, 3.63) is 66.9 Å². The van der Waals surface area contributed by atoms with Crippen LogP contribution in [0.2, 0.25) is 10.0 Å². The number of benzene rings is 2. The molecule has 0 fully saturated rings. The number of nitro benzene ring substituents is 1. The van der Waals surface area contributed by atoms with Crippen molar-refractivity contribution in [2.75, 3.05) is 5.84 Å². The van der Waals surface area contributed by atoms with Gasteiger partial charge < -0.3 is 5.84 Å². The summed E-state index contributed by atoms with van der Waals surface area (Å²) in [6.45, 7) is 0. The van der Waals surface area contributed by atoms with Crippen LogP contribution in [-0.4, -0.2) is 19.4 Å². The highest BCUT2D eigenvalue weighted by molar-refractivity contribution is 7.71. The Labute approximate surface area is 169 Å². The second-order valence-corrected chi connectivity index (χ2v) is 6.68. The van der Waals surface area contributed by atoms with Gasteiger partial charge in [-0.15, -0.1) is 5.10 Å². The number of alkyl halides is 3. The second kappa shape index (κ2) is 7.08. The van der Waals surface area contributed by atoms with Crippen molar-refractivity contribution < 1.29 is 18.1 Å². The highest BCUT2D eigenvalue weighted by atomic mass is 35.5. The first-order valence-corrected chi connectivity index (χ1v) is 8.45. The Morgan fingerprint density at radius 1 is 1.18 bits per heavy atom. The third kappa shape index (κ3) is 3.55. The first-order valence-electron chi connectivity index (χ1n) is 7.29. The van der Waals surface area contributed by atoms with Crippen molar-refractivity contribution in [2.45, 2.75) is 6.18 Å². The molecule has 0 radical (unpaired) electrons. The fourth-order valence-corrected chi connectivity index (χ4v) is 3.13. The van der Waals surface area contributed by atoms with Crippen LogP contribution in [0.25, 0.3) is 17.1 Å². The van der Waals surface area contributed by atoms with Crippen LogP contribution >= 0.6 is 35.4 Å². The number of nitro groups is 1. The van der Waals surface area contributed by atoms with Crippen molar-refractivity contribution in [2.24, 2.45) is 0 Å². The first kappa shape index (κ1) is 20.1. The van der Waals surface area contributed by atoms with Gasteiger partial charge in [0, 0.05) is 16.7 Å². The van der Waals surface area contributed by atoms with Crippen LogP contribution in [0.3, 0.4) is 0 Å². The first-order chi connectivity index (χ1) is 13.0. The molecule has 28 heavy (non-hydrogen) atoms. The fourth-order valence-electron chi connectivity index (χ4n) is 2.41. The molecule has 13 heteroatoms. The van der Waals surface area contributed by atoms with Crippen molar-refractivity contribution in [1.82, 2.24) is 14.5 Å². The molecule has 7 nitrogen and oxygen atoms in total. The minimum Gasteiger partial charge on any atom is -0.335 e. The molecule has 0 aliphatic rings. The van der Waals surface area contributed by atoms with E-state index in [-0.39, 0.29) is 21.3 Å². The third-order valence-corrected chi connectivity index (χ3v) is 4.63. The largest absolute Gasteiger partial charge is 0.416 e. The van der Waals surface area contributed by atoms with Crippen LogP contribution in [0.4, 0.5) is 18.9 Å². The summed E-state index contributed by atoms with van der Waals surface area (Å²) in [6.07, 6.45) is -4.75. The molecule has 0 aliphatic carbocycles. The number of aromatic nitrogens is 3. The lowest BCUT2D eigenvalue weighted by atomic mass is 10.1. The van der Waals surface area contributed by atoms with E-state index in [0.717, 1.165) is 15.4 Å². The maximum atomic E-state index is 12.9. The predicted octanol–water partition coefficient (Wildman–Crippen LogP) is 5.02. The molecule has 0 bridgehead atoms. The van der Waals surface area contributed by atoms with Gasteiger partial charge in [0.25, 0.3) is 5.69 Å². The Morgan fingerprint density at radius 3 is 2.43 bits per heavy atom. The van der Waals surface area contributed by atoms with Gasteiger partial charge in [0.15, 0.2) is 5.82 Å². The van der Waals surface area contributed by atoms with Crippen molar-refractivity contribution in [3.63, 3.8) is 0 Å². The Bertz CT molecular complexity index is 1160. The summed E-state index contributed by atoms with van der Waals surface area (Å²) in [5.74, 6) is 5.94. The fraction of sp³-hybridized carbons (Fsp3) is 0.0667. The van der Waals surface area contributed by atoms with E-state index in [1.165, 1.54) is 18.2 Å². The van der Waals surface area contributed by atoms with E-state index < -0.39 is 22.4 Å². The zero-order valence-corrected chi connectivity index (χ0v) is 15.8. The molecular formula is C15H8Cl2F3N5O2S. The standard InChI is InChI=1S/C15H8Cl2F3N5O2S/c16-8-2-3-9(10(17)6-8)13-22-24(14(28)23(13)21)11-4-1-7(15(18,19)20)5-12(11)25(26)27/h1-6H,21H2. The van der Waals surface area contributed by atoms with Gasteiger partial charge in [-0.1, -0.05) is 23.2 Å². The summed E-state index contributed by atoms with van der Waals surface area (Å²) in [4.78, 5) is 10.4. The molecule has 0 aliphatic heterocycles. The third-order valence-electron chi connectivity index (χ3n) is 3.71. The quantitative estimate of drug-likeness (QED) is 0.262. The summed E-state index contributed by atoms with van der Waals surface area (Å²) in [6, 6.07) is 6.45. The van der Waals surface area contributed by atoms with Crippen LogP contribution < -0.4 is 5.84 Å². The Hall–Kier alpha value is -2.63. The van der Waals surface area contributed by atoms with Crippen LogP contribution in [0.5, 0.6) is 0 Å². The van der Waals surface area contributed by atoms with Gasteiger partial charge in [0.05, 0.1) is 15.5 Å². The number of nitrogen functional groups attached to an aromatic ring is 1. The summed E-state index contributed by atoms with van der Waals surface area (Å²) in [5.41, 5.74) is -1.97. The molecule has 0 unspecified atom stereocenters. The lowest BCUT2D eigenvalue weighted by Gasteiger charge is -2.08. The summed E-state index contributed by atoms with van der Waals surface area (Å²) in [7, 11) is 0. The monoisotopic (exact) mass is 449 g/mol.